The Morgan fingerprint density at radius 1 is 1.07 bits per heavy atom. The SMILES string of the molecule is CCCNC(=O)C(C)N(Cc1ccc(Cl)c(Cl)c1)C(=O)Cc1cccc(C)c1. The quantitative estimate of drug-likeness (QED) is 0.667. The van der Waals surface area contributed by atoms with Crippen molar-refractivity contribution in [2.24, 2.45) is 0 Å². The first kappa shape index (κ1) is 22.3. The monoisotopic (exact) mass is 420 g/mol. The molecule has 0 fully saturated rings. The predicted molar refractivity (Wildman–Crippen MR) is 115 cm³/mol. The predicted octanol–water partition coefficient (Wildman–Crippen LogP) is 4.79. The van der Waals surface area contributed by atoms with E-state index in [0.717, 1.165) is 23.1 Å². The zero-order valence-electron chi connectivity index (χ0n) is 16.5. The van der Waals surface area contributed by atoms with Crippen LogP contribution in [0.25, 0.3) is 0 Å². The number of hydrogen-bond acceptors (Lipinski definition) is 2. The van der Waals surface area contributed by atoms with E-state index in [4.69, 9.17) is 23.2 Å². The highest BCUT2D eigenvalue weighted by Gasteiger charge is 2.26. The number of rotatable bonds is 8. The smallest absolute Gasteiger partial charge is 0.242 e. The Balaban J connectivity index is 2.24. The number of aryl methyl sites for hydroxylation is 1. The molecule has 0 heterocycles. The molecule has 0 bridgehead atoms. The first-order valence-electron chi connectivity index (χ1n) is 9.38. The summed E-state index contributed by atoms with van der Waals surface area (Å²) in [7, 11) is 0. The van der Waals surface area contributed by atoms with Crippen molar-refractivity contribution in [3.63, 3.8) is 0 Å². The van der Waals surface area contributed by atoms with Gasteiger partial charge >= 0.3 is 0 Å². The third-order valence-electron chi connectivity index (χ3n) is 4.49. The van der Waals surface area contributed by atoms with Gasteiger partial charge in [-0.15, -0.1) is 0 Å². The highest BCUT2D eigenvalue weighted by atomic mass is 35.5. The number of carbonyl (C=O) groups is 2. The number of halogens is 2. The van der Waals surface area contributed by atoms with E-state index in [1.807, 2.05) is 44.2 Å². The largest absolute Gasteiger partial charge is 0.354 e. The van der Waals surface area contributed by atoms with Crippen molar-refractivity contribution in [2.45, 2.75) is 46.2 Å². The molecule has 0 aliphatic heterocycles. The molecule has 0 aliphatic rings. The van der Waals surface area contributed by atoms with Gasteiger partial charge in [0.25, 0.3) is 0 Å². The molecule has 2 aromatic rings. The molecule has 1 N–H and O–H groups in total. The fraction of sp³-hybridized carbons (Fsp3) is 0.364. The molecule has 0 saturated heterocycles. The Morgan fingerprint density at radius 2 is 1.82 bits per heavy atom. The lowest BCUT2D eigenvalue weighted by molar-refractivity contribution is -0.140. The van der Waals surface area contributed by atoms with Crippen LogP contribution in [0.2, 0.25) is 10.0 Å². The first-order chi connectivity index (χ1) is 13.3. The number of amides is 2. The van der Waals surface area contributed by atoms with E-state index < -0.39 is 6.04 Å². The standard InChI is InChI=1S/C22H26Cl2N2O2/c1-4-10-25-22(28)16(3)26(14-18-8-9-19(23)20(24)12-18)21(27)13-17-7-5-6-15(2)11-17/h5-9,11-12,16H,4,10,13-14H2,1-3H3,(H,25,28). The third-order valence-corrected chi connectivity index (χ3v) is 5.23. The highest BCUT2D eigenvalue weighted by Crippen LogP contribution is 2.24. The van der Waals surface area contributed by atoms with Crippen molar-refractivity contribution in [1.29, 1.82) is 0 Å². The van der Waals surface area contributed by atoms with Crippen molar-refractivity contribution in [1.82, 2.24) is 10.2 Å². The van der Waals surface area contributed by atoms with E-state index in [-0.39, 0.29) is 24.8 Å². The van der Waals surface area contributed by atoms with Gasteiger partial charge in [0, 0.05) is 13.1 Å². The summed E-state index contributed by atoms with van der Waals surface area (Å²) in [5.41, 5.74) is 2.84. The molecule has 0 aromatic heterocycles. The fourth-order valence-corrected chi connectivity index (χ4v) is 3.23. The molecule has 6 heteroatoms. The summed E-state index contributed by atoms with van der Waals surface area (Å²) in [6, 6.07) is 12.5. The molecule has 2 amide bonds. The average Bonchev–Trinajstić information content (AvgIpc) is 2.66. The summed E-state index contributed by atoms with van der Waals surface area (Å²) < 4.78 is 0. The summed E-state index contributed by atoms with van der Waals surface area (Å²) in [5.74, 6) is -0.282. The van der Waals surface area contributed by atoms with Gasteiger partial charge in [0.05, 0.1) is 16.5 Å². The van der Waals surface area contributed by atoms with Crippen LogP contribution in [-0.4, -0.2) is 29.3 Å². The summed E-state index contributed by atoms with van der Waals surface area (Å²) in [6.07, 6.45) is 1.07. The van der Waals surface area contributed by atoms with Gasteiger partial charge in [0.2, 0.25) is 11.8 Å². The summed E-state index contributed by atoms with van der Waals surface area (Å²) in [4.78, 5) is 27.2. The van der Waals surface area contributed by atoms with Gasteiger partial charge < -0.3 is 10.2 Å². The summed E-state index contributed by atoms with van der Waals surface area (Å²) in [6.45, 7) is 6.58. The van der Waals surface area contributed by atoms with E-state index in [1.165, 1.54) is 0 Å². The van der Waals surface area contributed by atoms with Gasteiger partial charge in [0.1, 0.15) is 6.04 Å². The van der Waals surface area contributed by atoms with Crippen LogP contribution >= 0.6 is 23.2 Å². The summed E-state index contributed by atoms with van der Waals surface area (Å²) in [5, 5.41) is 3.75. The van der Waals surface area contributed by atoms with Crippen LogP contribution in [0.3, 0.4) is 0 Å². The van der Waals surface area contributed by atoms with Crippen molar-refractivity contribution in [3.8, 4) is 0 Å². The Kier molecular flexibility index (Phi) is 8.34. The van der Waals surface area contributed by atoms with Gasteiger partial charge in [-0.05, 0) is 43.5 Å². The number of nitrogens with one attached hydrogen (secondary N) is 1. The minimum atomic E-state index is -0.599. The number of nitrogens with zero attached hydrogens (tertiary/aromatic N) is 1. The number of benzene rings is 2. The van der Waals surface area contributed by atoms with Crippen LogP contribution < -0.4 is 5.32 Å². The van der Waals surface area contributed by atoms with Crippen LogP contribution in [0.15, 0.2) is 42.5 Å². The Labute approximate surface area is 176 Å². The number of hydrogen-bond donors (Lipinski definition) is 1. The minimum absolute atomic E-state index is 0.115. The van der Waals surface area contributed by atoms with Crippen molar-refractivity contribution < 1.29 is 9.59 Å². The average molecular weight is 421 g/mol. The van der Waals surface area contributed by atoms with E-state index in [9.17, 15) is 9.59 Å². The lowest BCUT2D eigenvalue weighted by Crippen LogP contribution is -2.48. The Hall–Kier alpha value is -2.04. The van der Waals surface area contributed by atoms with Gasteiger partial charge in [-0.2, -0.15) is 0 Å². The lowest BCUT2D eigenvalue weighted by atomic mass is 10.1. The molecule has 2 rings (SSSR count). The van der Waals surface area contributed by atoms with Crippen molar-refractivity contribution in [2.75, 3.05) is 6.54 Å². The van der Waals surface area contributed by atoms with Gasteiger partial charge in [-0.1, -0.05) is 66.0 Å². The van der Waals surface area contributed by atoms with Gasteiger partial charge in [0.15, 0.2) is 0 Å². The van der Waals surface area contributed by atoms with Crippen LogP contribution in [0.1, 0.15) is 37.0 Å². The molecule has 4 nitrogen and oxygen atoms in total. The molecule has 150 valence electrons. The van der Waals surface area contributed by atoms with E-state index in [1.54, 1.807) is 24.0 Å². The molecular formula is C22H26Cl2N2O2. The Morgan fingerprint density at radius 3 is 2.46 bits per heavy atom. The van der Waals surface area contributed by atoms with Crippen LogP contribution in [0.4, 0.5) is 0 Å². The second-order valence-corrected chi connectivity index (χ2v) is 7.72. The maximum absolute atomic E-state index is 13.1. The number of carbonyl (C=O) groups excluding carboxylic acids is 2. The topological polar surface area (TPSA) is 49.4 Å². The van der Waals surface area contributed by atoms with Crippen LogP contribution in [-0.2, 0) is 22.6 Å². The van der Waals surface area contributed by atoms with E-state index in [0.29, 0.717) is 16.6 Å². The minimum Gasteiger partial charge on any atom is -0.354 e. The van der Waals surface area contributed by atoms with E-state index in [2.05, 4.69) is 5.32 Å². The molecule has 28 heavy (non-hydrogen) atoms. The van der Waals surface area contributed by atoms with Gasteiger partial charge in [-0.25, -0.2) is 0 Å². The Bertz CT molecular complexity index is 839. The molecule has 0 radical (unpaired) electrons. The summed E-state index contributed by atoms with van der Waals surface area (Å²) >= 11 is 12.1. The molecule has 0 spiro atoms. The second-order valence-electron chi connectivity index (χ2n) is 6.90. The third kappa shape index (κ3) is 6.25. The van der Waals surface area contributed by atoms with Crippen LogP contribution in [0, 0.1) is 6.92 Å². The molecule has 0 saturated carbocycles. The maximum Gasteiger partial charge on any atom is 0.242 e. The molecular weight excluding hydrogens is 395 g/mol. The van der Waals surface area contributed by atoms with Crippen LogP contribution in [0.5, 0.6) is 0 Å². The molecule has 1 atom stereocenters. The normalized spacial score (nSPS) is 11.8. The lowest BCUT2D eigenvalue weighted by Gasteiger charge is -2.29. The zero-order chi connectivity index (χ0) is 20.7. The molecule has 0 aliphatic carbocycles. The first-order valence-corrected chi connectivity index (χ1v) is 10.1. The highest BCUT2D eigenvalue weighted by molar-refractivity contribution is 6.42. The van der Waals surface area contributed by atoms with Gasteiger partial charge in [-0.3, -0.25) is 9.59 Å². The molecule has 1 unspecified atom stereocenters. The zero-order valence-corrected chi connectivity index (χ0v) is 18.0. The second kappa shape index (κ2) is 10.5. The van der Waals surface area contributed by atoms with E-state index >= 15 is 0 Å². The van der Waals surface area contributed by atoms with Crippen molar-refractivity contribution in [3.05, 3.63) is 69.2 Å². The fourth-order valence-electron chi connectivity index (χ4n) is 2.91. The maximum atomic E-state index is 13.1. The van der Waals surface area contributed by atoms with Crippen molar-refractivity contribution >= 4 is 35.0 Å². The molecule has 2 aromatic carbocycles.